The van der Waals surface area contributed by atoms with Crippen molar-refractivity contribution < 1.29 is 18.8 Å². The second kappa shape index (κ2) is 7.62. The third kappa shape index (κ3) is 4.80. The van der Waals surface area contributed by atoms with Crippen LogP contribution in [0.2, 0.25) is 0 Å². The quantitative estimate of drug-likeness (QED) is 0.675. The number of carbonyl (C=O) groups is 1. The van der Waals surface area contributed by atoms with Gasteiger partial charge in [-0.1, -0.05) is 31.2 Å². The number of carbonyl (C=O) groups excluding carboxylic acids is 1. The van der Waals surface area contributed by atoms with Crippen LogP contribution in [-0.4, -0.2) is 41.5 Å². The van der Waals surface area contributed by atoms with Gasteiger partial charge in [-0.05, 0) is 78.3 Å². The second-order valence-electron chi connectivity index (χ2n) is 10.6. The summed E-state index contributed by atoms with van der Waals surface area (Å²) in [6, 6.07) is 8.34. The van der Waals surface area contributed by atoms with Crippen LogP contribution in [0.25, 0.3) is 0 Å². The maximum absolute atomic E-state index is 12.8. The van der Waals surface area contributed by atoms with Crippen LogP contribution in [0.3, 0.4) is 0 Å². The van der Waals surface area contributed by atoms with E-state index in [1.807, 2.05) is 25.7 Å². The number of nitrogens with zero attached hydrogens (tertiary/aromatic N) is 1. The van der Waals surface area contributed by atoms with E-state index in [9.17, 15) is 4.79 Å². The van der Waals surface area contributed by atoms with Gasteiger partial charge in [-0.3, -0.25) is 0 Å². The molecule has 0 saturated carbocycles. The molecule has 0 spiro atoms. The fourth-order valence-corrected chi connectivity index (χ4v) is 3.88. The van der Waals surface area contributed by atoms with Gasteiger partial charge < -0.3 is 18.9 Å². The molecule has 0 aromatic heterocycles. The molecule has 160 valence electrons. The molecule has 1 aromatic carbocycles. The maximum atomic E-state index is 12.8. The molecule has 3 rings (SSSR count). The Bertz CT molecular complexity index is 722. The van der Waals surface area contributed by atoms with Gasteiger partial charge >= 0.3 is 13.2 Å². The molecule has 2 aliphatic heterocycles. The number of amides is 1. The van der Waals surface area contributed by atoms with Gasteiger partial charge in [0.15, 0.2) is 0 Å². The summed E-state index contributed by atoms with van der Waals surface area (Å²) in [7, 11) is -0.373. The van der Waals surface area contributed by atoms with Crippen molar-refractivity contribution in [3.05, 3.63) is 29.8 Å². The predicted molar refractivity (Wildman–Crippen MR) is 116 cm³/mol. The summed E-state index contributed by atoms with van der Waals surface area (Å²) in [5.74, 6) is 0.475. The first-order valence-electron chi connectivity index (χ1n) is 10.7. The van der Waals surface area contributed by atoms with Crippen LogP contribution >= 0.6 is 0 Å². The molecule has 2 heterocycles. The number of ether oxygens (including phenoxy) is 1. The van der Waals surface area contributed by atoms with E-state index >= 15 is 0 Å². The van der Waals surface area contributed by atoms with Crippen LogP contribution in [-0.2, 0) is 14.0 Å². The smallest absolute Gasteiger partial charge is 0.444 e. The van der Waals surface area contributed by atoms with Crippen molar-refractivity contribution >= 4 is 18.7 Å². The number of benzene rings is 1. The Kier molecular flexibility index (Phi) is 5.83. The zero-order valence-corrected chi connectivity index (χ0v) is 19.2. The molecular weight excluding hydrogens is 365 g/mol. The minimum atomic E-state index is -0.497. The Hall–Kier alpha value is -1.53. The van der Waals surface area contributed by atoms with Crippen LogP contribution in [0.4, 0.5) is 4.79 Å². The zero-order valence-electron chi connectivity index (χ0n) is 19.2. The van der Waals surface area contributed by atoms with E-state index in [0.29, 0.717) is 5.92 Å². The first-order chi connectivity index (χ1) is 13.3. The highest BCUT2D eigenvalue weighted by Gasteiger charge is 2.51. The normalized spacial score (nSPS) is 26.5. The van der Waals surface area contributed by atoms with Gasteiger partial charge in [0.25, 0.3) is 0 Å². The second-order valence-corrected chi connectivity index (χ2v) is 10.6. The SMILES string of the molecule is CC1CCC(c2ccc(B3OC(C)(C)C(C)(C)O3)cc2)N(C(=O)OC(C)(C)C)C1. The number of piperidine rings is 1. The molecule has 5 nitrogen and oxygen atoms in total. The van der Waals surface area contributed by atoms with Gasteiger partial charge in [-0.15, -0.1) is 0 Å². The maximum Gasteiger partial charge on any atom is 0.494 e. The van der Waals surface area contributed by atoms with Crippen molar-refractivity contribution in [2.75, 3.05) is 6.54 Å². The molecule has 0 N–H and O–H groups in total. The van der Waals surface area contributed by atoms with E-state index < -0.39 is 5.60 Å². The van der Waals surface area contributed by atoms with E-state index in [4.69, 9.17) is 14.0 Å². The van der Waals surface area contributed by atoms with Crippen molar-refractivity contribution in [3.8, 4) is 0 Å². The van der Waals surface area contributed by atoms with Crippen LogP contribution in [0.5, 0.6) is 0 Å². The number of likely N-dealkylation sites (tertiary alicyclic amines) is 1. The Labute approximate surface area is 176 Å². The molecule has 1 aromatic rings. The minimum Gasteiger partial charge on any atom is -0.444 e. The van der Waals surface area contributed by atoms with E-state index in [1.54, 1.807) is 0 Å². The lowest BCUT2D eigenvalue weighted by molar-refractivity contribution is 0.00363. The zero-order chi connectivity index (χ0) is 21.6. The summed E-state index contributed by atoms with van der Waals surface area (Å²) < 4.78 is 18.0. The van der Waals surface area contributed by atoms with E-state index in [-0.39, 0.29) is 30.5 Å². The topological polar surface area (TPSA) is 48.0 Å². The van der Waals surface area contributed by atoms with Crippen molar-refractivity contribution in [1.82, 2.24) is 4.90 Å². The van der Waals surface area contributed by atoms with Gasteiger partial charge in [-0.25, -0.2) is 4.79 Å². The first kappa shape index (κ1) is 22.2. The van der Waals surface area contributed by atoms with Crippen LogP contribution in [0.1, 0.15) is 79.8 Å². The van der Waals surface area contributed by atoms with Gasteiger partial charge in [0.2, 0.25) is 0 Å². The summed E-state index contributed by atoms with van der Waals surface area (Å²) in [6.45, 7) is 16.9. The third-order valence-corrected chi connectivity index (χ3v) is 6.29. The highest BCUT2D eigenvalue weighted by Crippen LogP contribution is 2.37. The number of rotatable bonds is 2. The van der Waals surface area contributed by atoms with Crippen LogP contribution in [0, 0.1) is 5.92 Å². The molecular formula is C23H36BNO4. The lowest BCUT2D eigenvalue weighted by Crippen LogP contribution is -2.44. The minimum absolute atomic E-state index is 0.0356. The Morgan fingerprint density at radius 2 is 1.62 bits per heavy atom. The average Bonchev–Trinajstić information content (AvgIpc) is 2.81. The molecule has 2 aliphatic rings. The highest BCUT2D eigenvalue weighted by atomic mass is 16.7. The highest BCUT2D eigenvalue weighted by molar-refractivity contribution is 6.62. The molecule has 29 heavy (non-hydrogen) atoms. The standard InChI is InChI=1S/C23H36BNO4/c1-16-9-14-19(25(15-16)20(26)27-21(2,3)4)17-10-12-18(13-11-17)24-28-22(5,6)23(7,8)29-24/h10-13,16,19H,9,14-15H2,1-8H3. The van der Waals surface area contributed by atoms with Crippen molar-refractivity contribution in [3.63, 3.8) is 0 Å². The first-order valence-corrected chi connectivity index (χ1v) is 10.7. The molecule has 2 saturated heterocycles. The molecule has 2 fully saturated rings. The Morgan fingerprint density at radius 1 is 1.07 bits per heavy atom. The van der Waals surface area contributed by atoms with Gasteiger partial charge in [0.1, 0.15) is 5.60 Å². The molecule has 1 amide bonds. The fourth-order valence-electron chi connectivity index (χ4n) is 3.88. The number of hydrogen-bond acceptors (Lipinski definition) is 4. The van der Waals surface area contributed by atoms with E-state index in [2.05, 4.69) is 58.9 Å². The average molecular weight is 401 g/mol. The van der Waals surface area contributed by atoms with Gasteiger partial charge in [0, 0.05) is 6.54 Å². The third-order valence-electron chi connectivity index (χ3n) is 6.29. The largest absolute Gasteiger partial charge is 0.494 e. The Morgan fingerprint density at radius 3 is 2.14 bits per heavy atom. The lowest BCUT2D eigenvalue weighted by atomic mass is 9.78. The molecule has 6 heteroatoms. The molecule has 0 aliphatic carbocycles. The fraction of sp³-hybridized carbons (Fsp3) is 0.696. The monoisotopic (exact) mass is 401 g/mol. The summed E-state index contributed by atoms with van der Waals surface area (Å²) in [5.41, 5.74) is 0.916. The van der Waals surface area contributed by atoms with E-state index in [0.717, 1.165) is 30.4 Å². The van der Waals surface area contributed by atoms with Gasteiger partial charge in [-0.2, -0.15) is 0 Å². The van der Waals surface area contributed by atoms with Crippen molar-refractivity contribution in [2.45, 2.75) is 91.1 Å². The lowest BCUT2D eigenvalue weighted by Gasteiger charge is -2.39. The summed E-state index contributed by atoms with van der Waals surface area (Å²) in [6.07, 6.45) is 1.81. The van der Waals surface area contributed by atoms with Crippen LogP contribution in [0.15, 0.2) is 24.3 Å². The van der Waals surface area contributed by atoms with Gasteiger partial charge in [0.05, 0.1) is 17.2 Å². The Balaban J connectivity index is 1.78. The van der Waals surface area contributed by atoms with Crippen LogP contribution < -0.4 is 5.46 Å². The molecule has 0 radical (unpaired) electrons. The molecule has 2 unspecified atom stereocenters. The predicted octanol–water partition coefficient (Wildman–Crippen LogP) is 4.69. The molecule has 0 bridgehead atoms. The van der Waals surface area contributed by atoms with E-state index in [1.165, 1.54) is 0 Å². The summed E-state index contributed by atoms with van der Waals surface area (Å²) in [5, 5.41) is 0. The number of hydrogen-bond donors (Lipinski definition) is 0. The van der Waals surface area contributed by atoms with Crippen molar-refractivity contribution in [2.24, 2.45) is 5.92 Å². The molecule has 2 atom stereocenters. The summed E-state index contributed by atoms with van der Waals surface area (Å²) >= 11 is 0. The van der Waals surface area contributed by atoms with Crippen molar-refractivity contribution in [1.29, 1.82) is 0 Å². The summed E-state index contributed by atoms with van der Waals surface area (Å²) in [4.78, 5) is 14.7.